The van der Waals surface area contributed by atoms with Crippen molar-refractivity contribution in [1.29, 1.82) is 0 Å². The van der Waals surface area contributed by atoms with Gasteiger partial charge < -0.3 is 5.32 Å². The van der Waals surface area contributed by atoms with Crippen molar-refractivity contribution in [3.05, 3.63) is 35.1 Å². The summed E-state index contributed by atoms with van der Waals surface area (Å²) in [6.45, 7) is 6.04. The standard InChI is InChI=1S/C13H18FN/c1-9-6-12(9)8-15-7-11-3-4-13(14)10(2)5-11/h3-5,9,12,15H,6-8H2,1-2H3. The van der Waals surface area contributed by atoms with Crippen LogP contribution in [-0.4, -0.2) is 6.54 Å². The average molecular weight is 207 g/mol. The predicted octanol–water partition coefficient (Wildman–Crippen LogP) is 2.88. The molecule has 1 aromatic carbocycles. The molecule has 0 saturated heterocycles. The van der Waals surface area contributed by atoms with Crippen molar-refractivity contribution in [3.63, 3.8) is 0 Å². The second kappa shape index (κ2) is 4.31. The summed E-state index contributed by atoms with van der Waals surface area (Å²) in [5, 5.41) is 3.42. The third-order valence-electron chi connectivity index (χ3n) is 3.23. The maximum atomic E-state index is 13.0. The summed E-state index contributed by atoms with van der Waals surface area (Å²) in [5.74, 6) is 1.65. The summed E-state index contributed by atoms with van der Waals surface area (Å²) in [4.78, 5) is 0. The van der Waals surface area contributed by atoms with Crippen molar-refractivity contribution in [2.75, 3.05) is 6.54 Å². The summed E-state index contributed by atoms with van der Waals surface area (Å²) in [6.07, 6.45) is 1.36. The van der Waals surface area contributed by atoms with E-state index in [0.717, 1.165) is 30.5 Å². The summed E-state index contributed by atoms with van der Waals surface area (Å²) in [6, 6.07) is 5.32. The van der Waals surface area contributed by atoms with Crippen molar-refractivity contribution >= 4 is 0 Å². The average Bonchev–Trinajstić information content (AvgIpc) is 2.88. The highest BCUT2D eigenvalue weighted by molar-refractivity contribution is 5.23. The summed E-state index contributed by atoms with van der Waals surface area (Å²) in [5.41, 5.74) is 1.90. The van der Waals surface area contributed by atoms with E-state index < -0.39 is 0 Å². The second-order valence-corrected chi connectivity index (χ2v) is 4.69. The maximum Gasteiger partial charge on any atom is 0.126 e. The number of aryl methyl sites for hydroxylation is 1. The number of nitrogens with one attached hydrogen (secondary N) is 1. The summed E-state index contributed by atoms with van der Waals surface area (Å²) in [7, 11) is 0. The molecule has 0 aromatic heterocycles. The Morgan fingerprint density at radius 3 is 2.80 bits per heavy atom. The van der Waals surface area contributed by atoms with Gasteiger partial charge in [0.2, 0.25) is 0 Å². The van der Waals surface area contributed by atoms with Crippen LogP contribution in [-0.2, 0) is 6.54 Å². The van der Waals surface area contributed by atoms with E-state index in [1.807, 2.05) is 19.1 Å². The van der Waals surface area contributed by atoms with E-state index in [9.17, 15) is 4.39 Å². The Balaban J connectivity index is 1.80. The first-order valence-corrected chi connectivity index (χ1v) is 5.62. The second-order valence-electron chi connectivity index (χ2n) is 4.69. The molecule has 0 heterocycles. The van der Waals surface area contributed by atoms with Crippen LogP contribution in [0, 0.1) is 24.6 Å². The minimum atomic E-state index is -0.116. The Morgan fingerprint density at radius 1 is 1.47 bits per heavy atom. The lowest BCUT2D eigenvalue weighted by Crippen LogP contribution is -2.16. The molecule has 1 saturated carbocycles. The van der Waals surface area contributed by atoms with Crippen molar-refractivity contribution in [3.8, 4) is 0 Å². The molecular formula is C13H18FN. The lowest BCUT2D eigenvalue weighted by atomic mass is 10.1. The van der Waals surface area contributed by atoms with Crippen LogP contribution >= 0.6 is 0 Å². The van der Waals surface area contributed by atoms with Gasteiger partial charge in [-0.2, -0.15) is 0 Å². The number of benzene rings is 1. The van der Waals surface area contributed by atoms with E-state index in [0.29, 0.717) is 0 Å². The zero-order valence-corrected chi connectivity index (χ0v) is 9.39. The molecule has 1 nitrogen and oxygen atoms in total. The molecule has 1 N–H and O–H groups in total. The van der Waals surface area contributed by atoms with E-state index in [4.69, 9.17) is 0 Å². The topological polar surface area (TPSA) is 12.0 Å². The van der Waals surface area contributed by atoms with Gasteiger partial charge in [-0.25, -0.2) is 4.39 Å². The molecule has 2 heteroatoms. The molecule has 0 amide bonds. The Labute approximate surface area is 90.7 Å². The van der Waals surface area contributed by atoms with Crippen molar-refractivity contribution in [2.45, 2.75) is 26.8 Å². The normalized spacial score (nSPS) is 24.2. The van der Waals surface area contributed by atoms with Gasteiger partial charge in [-0.05, 0) is 48.9 Å². The van der Waals surface area contributed by atoms with Gasteiger partial charge in [0.15, 0.2) is 0 Å². The van der Waals surface area contributed by atoms with Crippen molar-refractivity contribution in [2.24, 2.45) is 11.8 Å². The molecule has 0 aliphatic heterocycles. The van der Waals surface area contributed by atoms with Gasteiger partial charge in [-0.3, -0.25) is 0 Å². The number of hydrogen-bond donors (Lipinski definition) is 1. The van der Waals surface area contributed by atoms with Gasteiger partial charge in [-0.15, -0.1) is 0 Å². The molecule has 0 spiro atoms. The van der Waals surface area contributed by atoms with E-state index in [-0.39, 0.29) is 5.82 Å². The number of rotatable bonds is 4. The predicted molar refractivity (Wildman–Crippen MR) is 60.1 cm³/mol. The fourth-order valence-corrected chi connectivity index (χ4v) is 1.90. The molecule has 82 valence electrons. The van der Waals surface area contributed by atoms with Crippen molar-refractivity contribution in [1.82, 2.24) is 5.32 Å². The fraction of sp³-hybridized carbons (Fsp3) is 0.538. The van der Waals surface area contributed by atoms with E-state index in [1.54, 1.807) is 6.07 Å². The Morgan fingerprint density at radius 2 is 2.20 bits per heavy atom. The molecule has 1 fully saturated rings. The largest absolute Gasteiger partial charge is 0.312 e. The monoisotopic (exact) mass is 207 g/mol. The first kappa shape index (κ1) is 10.6. The minimum absolute atomic E-state index is 0.116. The number of hydrogen-bond acceptors (Lipinski definition) is 1. The molecular weight excluding hydrogens is 189 g/mol. The third-order valence-corrected chi connectivity index (χ3v) is 3.23. The zero-order valence-electron chi connectivity index (χ0n) is 9.39. The highest BCUT2D eigenvalue weighted by Crippen LogP contribution is 2.36. The van der Waals surface area contributed by atoms with Gasteiger partial charge in [0.1, 0.15) is 5.82 Å². The minimum Gasteiger partial charge on any atom is -0.312 e. The van der Waals surface area contributed by atoms with Gasteiger partial charge >= 0.3 is 0 Å². The molecule has 1 aliphatic rings. The fourth-order valence-electron chi connectivity index (χ4n) is 1.90. The quantitative estimate of drug-likeness (QED) is 0.800. The lowest BCUT2D eigenvalue weighted by Gasteiger charge is -2.05. The molecule has 15 heavy (non-hydrogen) atoms. The Kier molecular flexibility index (Phi) is 3.06. The van der Waals surface area contributed by atoms with Gasteiger partial charge in [-0.1, -0.05) is 19.1 Å². The van der Waals surface area contributed by atoms with E-state index >= 15 is 0 Å². The Bertz CT molecular complexity index is 348. The van der Waals surface area contributed by atoms with Crippen LogP contribution in [0.15, 0.2) is 18.2 Å². The third kappa shape index (κ3) is 2.78. The van der Waals surface area contributed by atoms with Gasteiger partial charge in [0.25, 0.3) is 0 Å². The SMILES string of the molecule is Cc1cc(CNCC2CC2C)ccc1F. The van der Waals surface area contributed by atoms with Crippen LogP contribution in [0.3, 0.4) is 0 Å². The van der Waals surface area contributed by atoms with E-state index in [1.165, 1.54) is 12.0 Å². The summed E-state index contributed by atoms with van der Waals surface area (Å²) >= 11 is 0. The molecule has 2 atom stereocenters. The van der Waals surface area contributed by atoms with Crippen LogP contribution in [0.4, 0.5) is 4.39 Å². The molecule has 0 radical (unpaired) electrons. The maximum absolute atomic E-state index is 13.0. The summed E-state index contributed by atoms with van der Waals surface area (Å²) < 4.78 is 13.0. The zero-order chi connectivity index (χ0) is 10.8. The first-order chi connectivity index (χ1) is 7.16. The van der Waals surface area contributed by atoms with Crippen LogP contribution in [0.5, 0.6) is 0 Å². The van der Waals surface area contributed by atoms with Gasteiger partial charge in [0.05, 0.1) is 0 Å². The molecule has 0 bridgehead atoms. The lowest BCUT2D eigenvalue weighted by molar-refractivity contribution is 0.603. The highest BCUT2D eigenvalue weighted by Gasteiger charge is 2.31. The molecule has 2 unspecified atom stereocenters. The van der Waals surface area contributed by atoms with Crippen LogP contribution in [0.25, 0.3) is 0 Å². The molecule has 1 aromatic rings. The van der Waals surface area contributed by atoms with Crippen LogP contribution in [0.1, 0.15) is 24.5 Å². The first-order valence-electron chi connectivity index (χ1n) is 5.62. The Hall–Kier alpha value is -0.890. The molecule has 2 rings (SSSR count). The van der Waals surface area contributed by atoms with Gasteiger partial charge in [0, 0.05) is 6.54 Å². The smallest absolute Gasteiger partial charge is 0.126 e. The number of halogens is 1. The van der Waals surface area contributed by atoms with Crippen LogP contribution < -0.4 is 5.32 Å². The van der Waals surface area contributed by atoms with Crippen LogP contribution in [0.2, 0.25) is 0 Å². The molecule has 1 aliphatic carbocycles. The van der Waals surface area contributed by atoms with Crippen molar-refractivity contribution < 1.29 is 4.39 Å². The highest BCUT2D eigenvalue weighted by atomic mass is 19.1. The van der Waals surface area contributed by atoms with E-state index in [2.05, 4.69) is 12.2 Å².